The van der Waals surface area contributed by atoms with Crippen molar-refractivity contribution in [1.29, 1.82) is 0 Å². The van der Waals surface area contributed by atoms with E-state index >= 15 is 0 Å². The summed E-state index contributed by atoms with van der Waals surface area (Å²) in [6.45, 7) is 0.487. The molecule has 18 heavy (non-hydrogen) atoms. The van der Waals surface area contributed by atoms with Gasteiger partial charge in [-0.1, -0.05) is 34.1 Å². The molecule has 1 heterocycles. The van der Waals surface area contributed by atoms with E-state index in [4.69, 9.17) is 4.74 Å². The molecule has 0 spiro atoms. The predicted molar refractivity (Wildman–Crippen MR) is 76.2 cm³/mol. The van der Waals surface area contributed by atoms with E-state index in [1.165, 1.54) is 11.3 Å². The highest BCUT2D eigenvalue weighted by atomic mass is 79.9. The fraction of sp³-hybridized carbons (Fsp3) is 0.154. The molecular formula is C13H12BrNO2S. The van der Waals surface area contributed by atoms with Crippen molar-refractivity contribution in [1.82, 2.24) is 5.32 Å². The van der Waals surface area contributed by atoms with Crippen LogP contribution in [0.1, 0.15) is 15.2 Å². The molecule has 2 aromatic rings. The Kier molecular flexibility index (Phi) is 4.38. The molecule has 1 amide bonds. The van der Waals surface area contributed by atoms with E-state index in [9.17, 15) is 4.79 Å². The third-order valence-electron chi connectivity index (χ3n) is 2.45. The van der Waals surface area contributed by atoms with Gasteiger partial charge in [-0.25, -0.2) is 0 Å². The standard InChI is InChI=1S/C13H12BrNO2S/c1-17-11-6-7-18-12(11)13(16)15-8-9-4-2-3-5-10(9)14/h2-7H,8H2,1H3,(H,15,16). The van der Waals surface area contributed by atoms with Crippen molar-refractivity contribution in [2.75, 3.05) is 7.11 Å². The molecule has 3 nitrogen and oxygen atoms in total. The van der Waals surface area contributed by atoms with Crippen molar-refractivity contribution in [3.05, 3.63) is 50.6 Å². The summed E-state index contributed by atoms with van der Waals surface area (Å²) in [4.78, 5) is 12.6. The maximum atomic E-state index is 12.0. The second-order valence-corrected chi connectivity index (χ2v) is 5.36. The Labute approximate surface area is 118 Å². The molecule has 0 unspecified atom stereocenters. The van der Waals surface area contributed by atoms with Gasteiger partial charge in [-0.15, -0.1) is 11.3 Å². The number of thiophene rings is 1. The van der Waals surface area contributed by atoms with E-state index in [0.29, 0.717) is 17.2 Å². The Hall–Kier alpha value is -1.33. The molecule has 0 radical (unpaired) electrons. The lowest BCUT2D eigenvalue weighted by Gasteiger charge is -2.07. The highest BCUT2D eigenvalue weighted by Crippen LogP contribution is 2.24. The molecular weight excluding hydrogens is 314 g/mol. The number of nitrogens with one attached hydrogen (secondary N) is 1. The SMILES string of the molecule is COc1ccsc1C(=O)NCc1ccccc1Br. The van der Waals surface area contributed by atoms with Gasteiger partial charge in [0.15, 0.2) is 0 Å². The summed E-state index contributed by atoms with van der Waals surface area (Å²) in [6.07, 6.45) is 0. The van der Waals surface area contributed by atoms with Crippen molar-refractivity contribution in [2.45, 2.75) is 6.54 Å². The molecule has 0 saturated carbocycles. The first-order valence-corrected chi connectivity index (χ1v) is 7.02. The first-order valence-electron chi connectivity index (χ1n) is 5.35. The minimum Gasteiger partial charge on any atom is -0.495 e. The van der Waals surface area contributed by atoms with Crippen molar-refractivity contribution >= 4 is 33.2 Å². The highest BCUT2D eigenvalue weighted by molar-refractivity contribution is 9.10. The van der Waals surface area contributed by atoms with Crippen LogP contribution in [0.5, 0.6) is 5.75 Å². The Morgan fingerprint density at radius 2 is 2.17 bits per heavy atom. The zero-order chi connectivity index (χ0) is 13.0. The fourth-order valence-electron chi connectivity index (χ4n) is 1.52. The van der Waals surface area contributed by atoms with Crippen molar-refractivity contribution in [3.63, 3.8) is 0 Å². The molecule has 94 valence electrons. The summed E-state index contributed by atoms with van der Waals surface area (Å²) in [5, 5.41) is 4.72. The molecule has 0 atom stereocenters. The molecule has 0 fully saturated rings. The van der Waals surface area contributed by atoms with Gasteiger partial charge in [0.2, 0.25) is 0 Å². The molecule has 0 aliphatic heterocycles. The van der Waals surface area contributed by atoms with Crippen LogP contribution >= 0.6 is 27.3 Å². The van der Waals surface area contributed by atoms with Gasteiger partial charge in [0, 0.05) is 11.0 Å². The molecule has 0 saturated heterocycles. The predicted octanol–water partition coefficient (Wildman–Crippen LogP) is 3.45. The molecule has 0 aliphatic carbocycles. The first kappa shape index (κ1) is 13.1. The average Bonchev–Trinajstić information content (AvgIpc) is 2.86. The number of amides is 1. The van der Waals surface area contributed by atoms with Gasteiger partial charge in [-0.3, -0.25) is 4.79 Å². The van der Waals surface area contributed by atoms with Gasteiger partial charge in [-0.2, -0.15) is 0 Å². The average molecular weight is 326 g/mol. The first-order chi connectivity index (χ1) is 8.72. The summed E-state index contributed by atoms with van der Waals surface area (Å²) in [7, 11) is 1.56. The minimum atomic E-state index is -0.113. The van der Waals surface area contributed by atoms with E-state index in [1.54, 1.807) is 13.2 Å². The number of ether oxygens (including phenoxy) is 1. The molecule has 0 aliphatic rings. The normalized spacial score (nSPS) is 10.1. The van der Waals surface area contributed by atoms with Crippen LogP contribution in [-0.4, -0.2) is 13.0 Å². The summed E-state index contributed by atoms with van der Waals surface area (Å²) in [6, 6.07) is 9.59. The van der Waals surface area contributed by atoms with Gasteiger partial charge < -0.3 is 10.1 Å². The number of rotatable bonds is 4. The fourth-order valence-corrected chi connectivity index (χ4v) is 2.72. The molecule has 5 heteroatoms. The maximum Gasteiger partial charge on any atom is 0.265 e. The number of benzene rings is 1. The molecule has 1 aromatic carbocycles. The number of hydrogen-bond donors (Lipinski definition) is 1. The molecule has 1 aromatic heterocycles. The van der Waals surface area contributed by atoms with E-state index in [0.717, 1.165) is 10.0 Å². The lowest BCUT2D eigenvalue weighted by molar-refractivity contribution is 0.0952. The van der Waals surface area contributed by atoms with Gasteiger partial charge in [0.1, 0.15) is 10.6 Å². The van der Waals surface area contributed by atoms with Crippen LogP contribution < -0.4 is 10.1 Å². The van der Waals surface area contributed by atoms with Gasteiger partial charge in [-0.05, 0) is 23.1 Å². The second-order valence-electron chi connectivity index (χ2n) is 3.59. The van der Waals surface area contributed by atoms with Crippen LogP contribution in [-0.2, 0) is 6.54 Å². The van der Waals surface area contributed by atoms with Gasteiger partial charge in [0.25, 0.3) is 5.91 Å². The molecule has 2 rings (SSSR count). The molecule has 0 bridgehead atoms. The summed E-state index contributed by atoms with van der Waals surface area (Å²) in [5.74, 6) is 0.502. The number of carbonyl (C=O) groups is 1. The largest absolute Gasteiger partial charge is 0.495 e. The van der Waals surface area contributed by atoms with Crippen LogP contribution in [0, 0.1) is 0 Å². The minimum absolute atomic E-state index is 0.113. The second kappa shape index (κ2) is 6.02. The molecule has 1 N–H and O–H groups in total. The number of methoxy groups -OCH3 is 1. The highest BCUT2D eigenvalue weighted by Gasteiger charge is 2.13. The quantitative estimate of drug-likeness (QED) is 0.935. The maximum absolute atomic E-state index is 12.0. The van der Waals surface area contributed by atoms with Crippen molar-refractivity contribution < 1.29 is 9.53 Å². The summed E-state index contributed by atoms with van der Waals surface area (Å²) >= 11 is 4.82. The topological polar surface area (TPSA) is 38.3 Å². The lowest BCUT2D eigenvalue weighted by Crippen LogP contribution is -2.22. The smallest absolute Gasteiger partial charge is 0.265 e. The van der Waals surface area contributed by atoms with Crippen LogP contribution in [0.4, 0.5) is 0 Å². The zero-order valence-electron chi connectivity index (χ0n) is 9.77. The monoisotopic (exact) mass is 325 g/mol. The van der Waals surface area contributed by atoms with Crippen LogP contribution in [0.3, 0.4) is 0 Å². The Morgan fingerprint density at radius 3 is 2.89 bits per heavy atom. The Morgan fingerprint density at radius 1 is 1.39 bits per heavy atom. The van der Waals surface area contributed by atoms with E-state index in [-0.39, 0.29) is 5.91 Å². The van der Waals surface area contributed by atoms with Crippen LogP contribution in [0.15, 0.2) is 40.2 Å². The van der Waals surface area contributed by atoms with Crippen LogP contribution in [0.2, 0.25) is 0 Å². The van der Waals surface area contributed by atoms with Crippen LogP contribution in [0.25, 0.3) is 0 Å². The Balaban J connectivity index is 2.03. The van der Waals surface area contributed by atoms with Gasteiger partial charge in [0.05, 0.1) is 7.11 Å². The van der Waals surface area contributed by atoms with E-state index in [2.05, 4.69) is 21.2 Å². The number of hydrogen-bond acceptors (Lipinski definition) is 3. The number of halogens is 1. The van der Waals surface area contributed by atoms with Crippen molar-refractivity contribution in [3.8, 4) is 5.75 Å². The van der Waals surface area contributed by atoms with Gasteiger partial charge >= 0.3 is 0 Å². The lowest BCUT2D eigenvalue weighted by atomic mass is 10.2. The zero-order valence-corrected chi connectivity index (χ0v) is 12.2. The summed E-state index contributed by atoms with van der Waals surface area (Å²) < 4.78 is 6.11. The number of carbonyl (C=O) groups excluding carboxylic acids is 1. The van der Waals surface area contributed by atoms with Crippen molar-refractivity contribution in [2.24, 2.45) is 0 Å². The van der Waals surface area contributed by atoms with E-state index in [1.807, 2.05) is 29.6 Å². The summed E-state index contributed by atoms with van der Waals surface area (Å²) in [5.41, 5.74) is 1.04. The van der Waals surface area contributed by atoms with E-state index < -0.39 is 0 Å². The third-order valence-corrected chi connectivity index (χ3v) is 4.12. The third kappa shape index (κ3) is 2.91. The Bertz CT molecular complexity index is 553.